The molecule has 0 radical (unpaired) electrons. The number of fused-ring (bicyclic) bond motifs is 1. The summed E-state index contributed by atoms with van der Waals surface area (Å²) in [4.78, 5) is 26.4. The number of pyridine rings is 1. The van der Waals surface area contributed by atoms with Crippen LogP contribution in [0.3, 0.4) is 0 Å². The molecule has 0 amide bonds. The average Bonchev–Trinajstić information content (AvgIpc) is 3.00. The third-order valence-corrected chi connectivity index (χ3v) is 6.50. The Balaban J connectivity index is 1.94. The highest BCUT2D eigenvalue weighted by Crippen LogP contribution is 2.37. The van der Waals surface area contributed by atoms with E-state index in [1.807, 2.05) is 31.2 Å². The second kappa shape index (κ2) is 7.11. The fourth-order valence-corrected chi connectivity index (χ4v) is 5.03. The van der Waals surface area contributed by atoms with Crippen LogP contribution in [-0.2, 0) is 0 Å². The number of ketones is 1. The van der Waals surface area contributed by atoms with Crippen LogP contribution in [0, 0.1) is 19.7 Å². The van der Waals surface area contributed by atoms with E-state index >= 15 is 0 Å². The molecule has 0 spiro atoms. The third kappa shape index (κ3) is 3.12. The summed E-state index contributed by atoms with van der Waals surface area (Å²) >= 11 is 4.83. The van der Waals surface area contributed by atoms with E-state index < -0.39 is 0 Å². The lowest BCUT2D eigenvalue weighted by molar-refractivity contribution is 0.104. The molecule has 0 unspecified atom stereocenters. The highest BCUT2D eigenvalue weighted by molar-refractivity contribution is 9.11. The van der Waals surface area contributed by atoms with Crippen LogP contribution in [0.4, 0.5) is 4.39 Å². The van der Waals surface area contributed by atoms with Crippen molar-refractivity contribution in [2.45, 2.75) is 13.8 Å². The maximum Gasteiger partial charge on any atom is 0.256 e. The number of hydrogen-bond donors (Lipinski definition) is 0. The number of thiophene rings is 1. The average molecular weight is 456 g/mol. The standard InChI is InChI=1S/C22H15BrFNO2S/c1-12-3-6-15(7-4-12)25-18(26)10-8-16-19(21(23)28-22(16)25)20(27)14-5-9-17(24)13(2)11-14/h3-11H,1-2H3. The monoisotopic (exact) mass is 455 g/mol. The third-order valence-electron chi connectivity index (χ3n) is 4.64. The zero-order valence-electron chi connectivity index (χ0n) is 15.1. The summed E-state index contributed by atoms with van der Waals surface area (Å²) in [7, 11) is 0. The van der Waals surface area contributed by atoms with E-state index in [2.05, 4.69) is 15.9 Å². The molecule has 0 bridgehead atoms. The van der Waals surface area contributed by atoms with Gasteiger partial charge in [-0.25, -0.2) is 4.39 Å². The molecule has 0 fully saturated rings. The molecule has 0 aliphatic carbocycles. The summed E-state index contributed by atoms with van der Waals surface area (Å²) < 4.78 is 15.8. The van der Waals surface area contributed by atoms with Gasteiger partial charge in [0.2, 0.25) is 0 Å². The Morgan fingerprint density at radius 2 is 1.75 bits per heavy atom. The molecule has 0 atom stereocenters. The molecule has 28 heavy (non-hydrogen) atoms. The summed E-state index contributed by atoms with van der Waals surface area (Å²) in [5.74, 6) is -0.561. The summed E-state index contributed by atoms with van der Waals surface area (Å²) in [5.41, 5.74) is 2.98. The number of benzene rings is 2. The predicted molar refractivity (Wildman–Crippen MR) is 114 cm³/mol. The fraction of sp³-hybridized carbons (Fsp3) is 0.0909. The minimum Gasteiger partial charge on any atom is -0.289 e. The van der Waals surface area contributed by atoms with Crippen molar-refractivity contribution in [3.63, 3.8) is 0 Å². The first-order valence-electron chi connectivity index (χ1n) is 8.59. The number of halogens is 2. The second-order valence-corrected chi connectivity index (χ2v) is 8.92. The molecule has 0 aliphatic rings. The van der Waals surface area contributed by atoms with Crippen LogP contribution in [0.15, 0.2) is 63.2 Å². The quantitative estimate of drug-likeness (QED) is 0.366. The Hall–Kier alpha value is -2.57. The summed E-state index contributed by atoms with van der Waals surface area (Å²) in [6, 6.07) is 15.1. The molecule has 0 saturated carbocycles. The Kier molecular flexibility index (Phi) is 4.77. The highest BCUT2D eigenvalue weighted by atomic mass is 79.9. The topological polar surface area (TPSA) is 39.1 Å². The van der Waals surface area contributed by atoms with Crippen LogP contribution >= 0.6 is 27.3 Å². The number of aryl methyl sites for hydroxylation is 2. The van der Waals surface area contributed by atoms with Gasteiger partial charge in [-0.05, 0) is 71.7 Å². The van der Waals surface area contributed by atoms with Gasteiger partial charge in [0.1, 0.15) is 10.6 Å². The molecule has 2 aromatic carbocycles. The maximum absolute atomic E-state index is 13.6. The SMILES string of the molecule is Cc1ccc(-n2c(=O)ccc3c(C(=O)c4ccc(F)c(C)c4)c(Br)sc32)cc1. The van der Waals surface area contributed by atoms with Gasteiger partial charge in [0.25, 0.3) is 5.56 Å². The number of carbonyl (C=O) groups is 1. The van der Waals surface area contributed by atoms with E-state index in [0.717, 1.165) is 11.3 Å². The van der Waals surface area contributed by atoms with Crippen LogP contribution in [0.5, 0.6) is 0 Å². The Labute approximate surface area is 173 Å². The molecular weight excluding hydrogens is 441 g/mol. The van der Waals surface area contributed by atoms with E-state index in [9.17, 15) is 14.0 Å². The summed E-state index contributed by atoms with van der Waals surface area (Å²) in [5, 5.41) is 0.684. The Morgan fingerprint density at radius 1 is 1.04 bits per heavy atom. The molecule has 3 nitrogen and oxygen atoms in total. The smallest absolute Gasteiger partial charge is 0.256 e. The molecule has 2 aromatic heterocycles. The number of carbonyl (C=O) groups excluding carboxylic acids is 1. The lowest BCUT2D eigenvalue weighted by Gasteiger charge is -2.08. The normalized spacial score (nSPS) is 11.1. The van der Waals surface area contributed by atoms with Gasteiger partial charge >= 0.3 is 0 Å². The van der Waals surface area contributed by atoms with Gasteiger partial charge in [0.15, 0.2) is 5.78 Å². The zero-order valence-corrected chi connectivity index (χ0v) is 17.5. The largest absolute Gasteiger partial charge is 0.289 e. The van der Waals surface area contributed by atoms with Gasteiger partial charge in [0.05, 0.1) is 15.0 Å². The minimum atomic E-state index is -0.348. The van der Waals surface area contributed by atoms with Crippen molar-refractivity contribution >= 4 is 43.3 Å². The lowest BCUT2D eigenvalue weighted by Crippen LogP contribution is -2.16. The van der Waals surface area contributed by atoms with Crippen molar-refractivity contribution in [3.8, 4) is 5.69 Å². The molecule has 4 rings (SSSR count). The lowest BCUT2D eigenvalue weighted by atomic mass is 10.0. The van der Waals surface area contributed by atoms with Crippen LogP contribution in [0.2, 0.25) is 0 Å². The molecule has 2 heterocycles. The van der Waals surface area contributed by atoms with Crippen LogP contribution in [0.1, 0.15) is 27.0 Å². The molecule has 6 heteroatoms. The van der Waals surface area contributed by atoms with Crippen molar-refractivity contribution in [2.75, 3.05) is 0 Å². The fourth-order valence-electron chi connectivity index (χ4n) is 3.13. The first-order chi connectivity index (χ1) is 13.4. The number of aromatic nitrogens is 1. The first-order valence-corrected chi connectivity index (χ1v) is 10.2. The highest BCUT2D eigenvalue weighted by Gasteiger charge is 2.22. The number of nitrogens with zero attached hydrogens (tertiary/aromatic N) is 1. The second-order valence-electron chi connectivity index (χ2n) is 6.61. The first kappa shape index (κ1) is 18.8. The molecule has 0 N–H and O–H groups in total. The van der Waals surface area contributed by atoms with E-state index in [-0.39, 0.29) is 17.2 Å². The molecular formula is C22H15BrFNO2S. The Bertz CT molecular complexity index is 1290. The van der Waals surface area contributed by atoms with Gasteiger partial charge in [0, 0.05) is 17.0 Å². The van der Waals surface area contributed by atoms with Gasteiger partial charge in [-0.2, -0.15) is 0 Å². The van der Waals surface area contributed by atoms with Gasteiger partial charge < -0.3 is 0 Å². The van der Waals surface area contributed by atoms with Crippen LogP contribution < -0.4 is 5.56 Å². The van der Waals surface area contributed by atoms with E-state index in [1.165, 1.54) is 29.5 Å². The van der Waals surface area contributed by atoms with Gasteiger partial charge in [-0.15, -0.1) is 11.3 Å². The van der Waals surface area contributed by atoms with Crippen molar-refractivity contribution in [1.82, 2.24) is 4.57 Å². The van der Waals surface area contributed by atoms with Gasteiger partial charge in [-0.3, -0.25) is 14.2 Å². The summed E-state index contributed by atoms with van der Waals surface area (Å²) in [6.07, 6.45) is 0. The zero-order chi connectivity index (χ0) is 20.0. The van der Waals surface area contributed by atoms with E-state index in [1.54, 1.807) is 23.6 Å². The predicted octanol–water partition coefficient (Wildman–Crippen LogP) is 5.80. The molecule has 4 aromatic rings. The number of hydrogen-bond acceptors (Lipinski definition) is 3. The van der Waals surface area contributed by atoms with Crippen molar-refractivity contribution in [3.05, 3.63) is 96.8 Å². The van der Waals surface area contributed by atoms with Gasteiger partial charge in [-0.1, -0.05) is 17.7 Å². The van der Waals surface area contributed by atoms with Crippen molar-refractivity contribution < 1.29 is 9.18 Å². The number of rotatable bonds is 3. The Morgan fingerprint density at radius 3 is 2.43 bits per heavy atom. The van der Waals surface area contributed by atoms with Crippen molar-refractivity contribution in [2.24, 2.45) is 0 Å². The molecule has 140 valence electrons. The molecule has 0 aliphatic heterocycles. The van der Waals surface area contributed by atoms with Crippen LogP contribution in [0.25, 0.3) is 15.9 Å². The van der Waals surface area contributed by atoms with E-state index in [4.69, 9.17) is 0 Å². The van der Waals surface area contributed by atoms with Crippen molar-refractivity contribution in [1.29, 1.82) is 0 Å². The minimum absolute atomic E-state index is 0.165. The van der Waals surface area contributed by atoms with E-state index in [0.29, 0.717) is 30.7 Å². The van der Waals surface area contributed by atoms with Crippen LogP contribution in [-0.4, -0.2) is 10.4 Å². The maximum atomic E-state index is 13.6. The molecule has 0 saturated heterocycles. The summed E-state index contributed by atoms with van der Waals surface area (Å²) in [6.45, 7) is 3.61.